The molecule has 3 heterocycles. The lowest BCUT2D eigenvalue weighted by atomic mass is 9.86. The van der Waals surface area contributed by atoms with E-state index in [4.69, 9.17) is 0 Å². The van der Waals surface area contributed by atoms with Crippen LogP contribution in [-0.4, -0.2) is 13.7 Å². The second-order valence-corrected chi connectivity index (χ2v) is 18.6. The van der Waals surface area contributed by atoms with E-state index < -0.39 is 0 Å². The summed E-state index contributed by atoms with van der Waals surface area (Å²) in [5.74, 6) is 0. The molecular formula is C57H46N4. The molecule has 0 saturated heterocycles. The van der Waals surface area contributed by atoms with Crippen LogP contribution in [0.1, 0.15) is 58.2 Å². The molecule has 0 unspecified atom stereocenters. The van der Waals surface area contributed by atoms with Crippen molar-refractivity contribution >= 4 is 65.4 Å². The predicted molar refractivity (Wildman–Crippen MR) is 257 cm³/mol. The molecule has 11 rings (SSSR count). The minimum absolute atomic E-state index is 0.0203. The Bertz CT molecular complexity index is 3560. The molecule has 0 aliphatic carbocycles. The molecule has 0 bridgehead atoms. The lowest BCUT2D eigenvalue weighted by molar-refractivity contribution is 0.591. The highest BCUT2D eigenvalue weighted by molar-refractivity contribution is 6.14. The van der Waals surface area contributed by atoms with Crippen LogP contribution in [0.25, 0.3) is 93.6 Å². The first-order valence-electron chi connectivity index (χ1n) is 21.2. The SMILES string of the molecule is CC(C)(C)c1ccc2c(c1)c1cc(-c3ccc4c(c3)c3cc(C(C)(C)C)ccc3n4-c3cccc(-n4c5ccccc5c5ccccc54)c3C#N)ccc1n2-c1ccccc1. The van der Waals surface area contributed by atoms with Crippen LogP contribution in [0, 0.1) is 11.3 Å². The number of rotatable bonds is 4. The Kier molecular flexibility index (Phi) is 8.02. The number of hydrogen-bond donors (Lipinski definition) is 0. The van der Waals surface area contributed by atoms with Gasteiger partial charge in [0.25, 0.3) is 0 Å². The molecule has 294 valence electrons. The van der Waals surface area contributed by atoms with Gasteiger partial charge < -0.3 is 13.7 Å². The van der Waals surface area contributed by atoms with Gasteiger partial charge in [0.05, 0.1) is 44.5 Å². The van der Waals surface area contributed by atoms with Crippen LogP contribution in [0.3, 0.4) is 0 Å². The molecule has 0 fully saturated rings. The third kappa shape index (κ3) is 5.65. The highest BCUT2D eigenvalue weighted by Crippen LogP contribution is 2.42. The van der Waals surface area contributed by atoms with Crippen LogP contribution in [0.4, 0.5) is 0 Å². The van der Waals surface area contributed by atoms with Gasteiger partial charge in [-0.2, -0.15) is 5.26 Å². The zero-order valence-corrected chi connectivity index (χ0v) is 35.5. The van der Waals surface area contributed by atoms with E-state index in [0.717, 1.165) is 50.1 Å². The fraction of sp³-hybridized carbons (Fsp3) is 0.140. The van der Waals surface area contributed by atoms with Crippen molar-refractivity contribution in [3.8, 4) is 34.3 Å². The van der Waals surface area contributed by atoms with E-state index in [1.807, 2.05) is 0 Å². The Morgan fingerprint density at radius 3 is 1.21 bits per heavy atom. The highest BCUT2D eigenvalue weighted by Gasteiger charge is 2.24. The summed E-state index contributed by atoms with van der Waals surface area (Å²) in [5.41, 5.74) is 15.1. The number of hydrogen-bond acceptors (Lipinski definition) is 1. The Balaban J connectivity index is 1.15. The molecule has 8 aromatic carbocycles. The van der Waals surface area contributed by atoms with E-state index >= 15 is 0 Å². The lowest BCUT2D eigenvalue weighted by Crippen LogP contribution is -2.10. The zero-order chi connectivity index (χ0) is 41.8. The van der Waals surface area contributed by atoms with Crippen LogP contribution >= 0.6 is 0 Å². The van der Waals surface area contributed by atoms with Crippen molar-refractivity contribution in [2.45, 2.75) is 52.4 Å². The summed E-state index contributed by atoms with van der Waals surface area (Å²) in [6, 6.07) is 64.3. The van der Waals surface area contributed by atoms with Crippen LogP contribution in [0.15, 0.2) is 170 Å². The Hall–Kier alpha value is -7.35. The van der Waals surface area contributed by atoms with Crippen molar-refractivity contribution in [3.63, 3.8) is 0 Å². The summed E-state index contributed by atoms with van der Waals surface area (Å²) >= 11 is 0. The van der Waals surface area contributed by atoms with Crippen molar-refractivity contribution < 1.29 is 0 Å². The molecule has 3 aromatic heterocycles. The molecule has 0 radical (unpaired) electrons. The number of aromatic nitrogens is 3. The first-order chi connectivity index (χ1) is 29.5. The summed E-state index contributed by atoms with van der Waals surface area (Å²) in [5, 5.41) is 18.3. The second kappa shape index (κ2) is 13.3. The minimum Gasteiger partial charge on any atom is -0.309 e. The average molecular weight is 787 g/mol. The number of nitriles is 1. The van der Waals surface area contributed by atoms with E-state index in [0.29, 0.717) is 5.56 Å². The van der Waals surface area contributed by atoms with E-state index in [-0.39, 0.29) is 10.8 Å². The minimum atomic E-state index is -0.0433. The van der Waals surface area contributed by atoms with Crippen LogP contribution in [0.2, 0.25) is 0 Å². The molecule has 0 aliphatic rings. The van der Waals surface area contributed by atoms with Crippen molar-refractivity contribution in [1.29, 1.82) is 5.26 Å². The van der Waals surface area contributed by atoms with Crippen LogP contribution < -0.4 is 0 Å². The Morgan fingerprint density at radius 2 is 0.754 bits per heavy atom. The van der Waals surface area contributed by atoms with Crippen LogP contribution in [0.5, 0.6) is 0 Å². The third-order valence-electron chi connectivity index (χ3n) is 12.8. The molecule has 4 nitrogen and oxygen atoms in total. The molecule has 0 amide bonds. The monoisotopic (exact) mass is 786 g/mol. The van der Waals surface area contributed by atoms with Gasteiger partial charge in [0.2, 0.25) is 0 Å². The van der Waals surface area contributed by atoms with Gasteiger partial charge in [-0.15, -0.1) is 0 Å². The predicted octanol–water partition coefficient (Wildman–Crippen LogP) is 15.1. The first-order valence-corrected chi connectivity index (χ1v) is 21.2. The van der Waals surface area contributed by atoms with Gasteiger partial charge in [0.15, 0.2) is 0 Å². The number of para-hydroxylation sites is 3. The Morgan fingerprint density at radius 1 is 0.361 bits per heavy atom. The maximum atomic E-state index is 11.1. The molecule has 0 aliphatic heterocycles. The molecule has 4 heteroatoms. The summed E-state index contributed by atoms with van der Waals surface area (Å²) in [6.45, 7) is 13.7. The summed E-state index contributed by atoms with van der Waals surface area (Å²) in [4.78, 5) is 0. The van der Waals surface area contributed by atoms with Gasteiger partial charge >= 0.3 is 0 Å². The largest absolute Gasteiger partial charge is 0.309 e. The molecule has 61 heavy (non-hydrogen) atoms. The molecule has 0 saturated carbocycles. The first kappa shape index (κ1) is 36.7. The van der Waals surface area contributed by atoms with Crippen LogP contribution in [-0.2, 0) is 10.8 Å². The van der Waals surface area contributed by atoms with E-state index in [2.05, 4.69) is 231 Å². The van der Waals surface area contributed by atoms with Crippen molar-refractivity contribution in [3.05, 3.63) is 187 Å². The van der Waals surface area contributed by atoms with Gasteiger partial charge in [0.1, 0.15) is 11.6 Å². The molecule has 0 atom stereocenters. The number of nitrogens with zero attached hydrogens (tertiary/aromatic N) is 4. The zero-order valence-electron chi connectivity index (χ0n) is 35.5. The van der Waals surface area contributed by atoms with Gasteiger partial charge in [-0.25, -0.2) is 0 Å². The van der Waals surface area contributed by atoms with Crippen molar-refractivity contribution in [2.24, 2.45) is 0 Å². The maximum absolute atomic E-state index is 11.1. The maximum Gasteiger partial charge on any atom is 0.104 e. The quantitative estimate of drug-likeness (QED) is 0.175. The molecule has 0 spiro atoms. The fourth-order valence-corrected chi connectivity index (χ4v) is 9.65. The summed E-state index contributed by atoms with van der Waals surface area (Å²) in [6.07, 6.45) is 0. The van der Waals surface area contributed by atoms with Gasteiger partial charge in [0, 0.05) is 38.0 Å². The average Bonchev–Trinajstić information content (AvgIpc) is 3.90. The second-order valence-electron chi connectivity index (χ2n) is 18.6. The smallest absolute Gasteiger partial charge is 0.104 e. The topological polar surface area (TPSA) is 38.6 Å². The Labute approximate surface area is 356 Å². The number of fused-ring (bicyclic) bond motifs is 9. The fourth-order valence-electron chi connectivity index (χ4n) is 9.65. The van der Waals surface area contributed by atoms with Crippen molar-refractivity contribution in [1.82, 2.24) is 13.7 Å². The van der Waals surface area contributed by atoms with Gasteiger partial charge in [-0.05, 0) is 118 Å². The molecule has 0 N–H and O–H groups in total. The summed E-state index contributed by atoms with van der Waals surface area (Å²) < 4.78 is 6.96. The lowest BCUT2D eigenvalue weighted by Gasteiger charge is -2.19. The van der Waals surface area contributed by atoms with E-state index in [1.165, 1.54) is 54.7 Å². The van der Waals surface area contributed by atoms with Gasteiger partial charge in [-0.3, -0.25) is 0 Å². The van der Waals surface area contributed by atoms with Crippen molar-refractivity contribution in [2.75, 3.05) is 0 Å². The third-order valence-corrected chi connectivity index (χ3v) is 12.8. The number of benzene rings is 8. The van der Waals surface area contributed by atoms with E-state index in [9.17, 15) is 5.26 Å². The summed E-state index contributed by atoms with van der Waals surface area (Å²) in [7, 11) is 0. The highest BCUT2D eigenvalue weighted by atomic mass is 15.0. The standard InChI is InChI=1S/C57H46N4/c1-56(2,3)38-25-29-53-45(33-38)43-31-36(23-27-52(43)59(53)40-15-8-7-9-16-40)37-24-28-54-44(32-37)46-34-39(57(4,5)6)26-30-55(46)61(54)51-22-14-21-50(47(51)35-58)60-48-19-12-10-17-41(48)42-18-11-13-20-49(42)60/h7-34H,1-6H3. The molecular weight excluding hydrogens is 741 g/mol. The molecule has 11 aromatic rings. The normalized spacial score (nSPS) is 12.4. The van der Waals surface area contributed by atoms with E-state index in [1.54, 1.807) is 0 Å². The van der Waals surface area contributed by atoms with Gasteiger partial charge in [-0.1, -0.05) is 126 Å².